The Morgan fingerprint density at radius 3 is 2.50 bits per heavy atom. The molecule has 1 saturated carbocycles. The Morgan fingerprint density at radius 2 is 1.92 bits per heavy atom. The lowest BCUT2D eigenvalue weighted by molar-refractivity contribution is 0.393. The van der Waals surface area contributed by atoms with Crippen LogP contribution in [0.1, 0.15) is 32.6 Å². The van der Waals surface area contributed by atoms with E-state index in [-0.39, 0.29) is 0 Å². The van der Waals surface area contributed by atoms with Gasteiger partial charge in [-0.15, -0.1) is 0 Å². The minimum Gasteiger partial charge on any atom is -0.310 e. The standard InChI is InChI=1S/C10H19NS/c1-8-6-12-7-10(8)11-9-4-2-3-5-9/h8-11H,2-7H2,1H3. The third-order valence-electron chi connectivity index (χ3n) is 3.17. The second-order valence-corrected chi connectivity index (χ2v) is 5.34. The van der Waals surface area contributed by atoms with Gasteiger partial charge in [-0.3, -0.25) is 0 Å². The second-order valence-electron chi connectivity index (χ2n) is 4.27. The quantitative estimate of drug-likeness (QED) is 0.708. The molecule has 0 aromatic rings. The van der Waals surface area contributed by atoms with Gasteiger partial charge in [0, 0.05) is 17.8 Å². The molecule has 2 unspecified atom stereocenters. The molecule has 1 heterocycles. The normalized spacial score (nSPS) is 37.8. The molecule has 1 nitrogen and oxygen atoms in total. The van der Waals surface area contributed by atoms with Crippen LogP contribution < -0.4 is 5.32 Å². The first-order valence-corrected chi connectivity index (χ1v) is 6.35. The van der Waals surface area contributed by atoms with Gasteiger partial charge in [-0.2, -0.15) is 11.8 Å². The Balaban J connectivity index is 1.77. The molecule has 0 aromatic heterocycles. The van der Waals surface area contributed by atoms with Crippen molar-refractivity contribution in [2.45, 2.75) is 44.7 Å². The highest BCUT2D eigenvalue weighted by Gasteiger charge is 2.26. The Bertz CT molecular complexity index is 143. The average Bonchev–Trinajstić information content (AvgIpc) is 2.65. The Morgan fingerprint density at radius 1 is 1.17 bits per heavy atom. The number of nitrogens with one attached hydrogen (secondary N) is 1. The average molecular weight is 185 g/mol. The van der Waals surface area contributed by atoms with Crippen molar-refractivity contribution in [3.05, 3.63) is 0 Å². The molecule has 12 heavy (non-hydrogen) atoms. The maximum absolute atomic E-state index is 3.81. The van der Waals surface area contributed by atoms with Crippen LogP contribution in [-0.2, 0) is 0 Å². The molecule has 0 bridgehead atoms. The smallest absolute Gasteiger partial charge is 0.0194 e. The summed E-state index contributed by atoms with van der Waals surface area (Å²) >= 11 is 2.11. The van der Waals surface area contributed by atoms with E-state index in [0.29, 0.717) is 0 Å². The molecule has 2 fully saturated rings. The summed E-state index contributed by atoms with van der Waals surface area (Å²) in [6, 6.07) is 1.68. The zero-order valence-electron chi connectivity index (χ0n) is 7.88. The van der Waals surface area contributed by atoms with E-state index >= 15 is 0 Å². The molecule has 1 aliphatic heterocycles. The highest BCUT2D eigenvalue weighted by molar-refractivity contribution is 7.99. The van der Waals surface area contributed by atoms with E-state index in [1.54, 1.807) is 0 Å². The summed E-state index contributed by atoms with van der Waals surface area (Å²) in [4.78, 5) is 0. The number of rotatable bonds is 2. The summed E-state index contributed by atoms with van der Waals surface area (Å²) < 4.78 is 0. The van der Waals surface area contributed by atoms with Crippen molar-refractivity contribution < 1.29 is 0 Å². The molecule has 1 saturated heterocycles. The van der Waals surface area contributed by atoms with Crippen LogP contribution in [-0.4, -0.2) is 23.6 Å². The van der Waals surface area contributed by atoms with Crippen LogP contribution >= 0.6 is 11.8 Å². The van der Waals surface area contributed by atoms with E-state index in [9.17, 15) is 0 Å². The van der Waals surface area contributed by atoms with E-state index in [4.69, 9.17) is 0 Å². The van der Waals surface area contributed by atoms with Crippen LogP contribution in [0, 0.1) is 5.92 Å². The molecule has 0 aromatic carbocycles. The molecule has 70 valence electrons. The van der Waals surface area contributed by atoms with Crippen LogP contribution in [0.5, 0.6) is 0 Å². The van der Waals surface area contributed by atoms with Crippen molar-refractivity contribution in [3.8, 4) is 0 Å². The van der Waals surface area contributed by atoms with Gasteiger partial charge in [-0.25, -0.2) is 0 Å². The van der Waals surface area contributed by atoms with Crippen LogP contribution in [0.3, 0.4) is 0 Å². The molecule has 2 aliphatic rings. The first-order valence-electron chi connectivity index (χ1n) is 5.20. The summed E-state index contributed by atoms with van der Waals surface area (Å²) in [7, 11) is 0. The third kappa shape index (κ3) is 1.97. The van der Waals surface area contributed by atoms with Gasteiger partial charge in [0.1, 0.15) is 0 Å². The summed E-state index contributed by atoms with van der Waals surface area (Å²) in [5, 5.41) is 3.81. The zero-order chi connectivity index (χ0) is 8.39. The van der Waals surface area contributed by atoms with Crippen molar-refractivity contribution in [1.82, 2.24) is 5.32 Å². The van der Waals surface area contributed by atoms with Gasteiger partial charge in [-0.1, -0.05) is 19.8 Å². The van der Waals surface area contributed by atoms with E-state index < -0.39 is 0 Å². The molecule has 0 radical (unpaired) electrons. The Labute approximate surface area is 79.7 Å². The molecular formula is C10H19NS. The van der Waals surface area contributed by atoms with E-state index in [1.165, 1.54) is 37.2 Å². The van der Waals surface area contributed by atoms with Gasteiger partial charge in [0.25, 0.3) is 0 Å². The predicted molar refractivity (Wildman–Crippen MR) is 55.7 cm³/mol. The number of hydrogen-bond donors (Lipinski definition) is 1. The van der Waals surface area contributed by atoms with Crippen LogP contribution in [0.15, 0.2) is 0 Å². The first kappa shape index (κ1) is 8.89. The Hall–Kier alpha value is 0.310. The third-order valence-corrected chi connectivity index (χ3v) is 4.53. The number of hydrogen-bond acceptors (Lipinski definition) is 2. The van der Waals surface area contributed by atoms with Crippen molar-refractivity contribution >= 4 is 11.8 Å². The summed E-state index contributed by atoms with van der Waals surface area (Å²) in [6.07, 6.45) is 5.75. The van der Waals surface area contributed by atoms with Crippen molar-refractivity contribution in [2.24, 2.45) is 5.92 Å². The maximum Gasteiger partial charge on any atom is 0.0194 e. The summed E-state index contributed by atoms with van der Waals surface area (Å²) in [6.45, 7) is 2.38. The molecule has 2 rings (SSSR count). The van der Waals surface area contributed by atoms with Gasteiger partial charge >= 0.3 is 0 Å². The second kappa shape index (κ2) is 4.01. The molecule has 0 amide bonds. The SMILES string of the molecule is CC1CSCC1NC1CCCC1. The molecular weight excluding hydrogens is 166 g/mol. The zero-order valence-corrected chi connectivity index (χ0v) is 8.70. The highest BCUT2D eigenvalue weighted by atomic mass is 32.2. The summed E-state index contributed by atoms with van der Waals surface area (Å²) in [5.41, 5.74) is 0. The van der Waals surface area contributed by atoms with Gasteiger partial charge in [0.15, 0.2) is 0 Å². The van der Waals surface area contributed by atoms with Crippen LogP contribution in [0.25, 0.3) is 0 Å². The fourth-order valence-corrected chi connectivity index (χ4v) is 3.69. The fourth-order valence-electron chi connectivity index (χ4n) is 2.27. The van der Waals surface area contributed by atoms with E-state index in [0.717, 1.165) is 18.0 Å². The highest BCUT2D eigenvalue weighted by Crippen LogP contribution is 2.26. The van der Waals surface area contributed by atoms with Crippen molar-refractivity contribution in [2.75, 3.05) is 11.5 Å². The predicted octanol–water partition coefficient (Wildman–Crippen LogP) is 2.27. The van der Waals surface area contributed by atoms with E-state index in [1.807, 2.05) is 0 Å². The number of thioether (sulfide) groups is 1. The molecule has 0 spiro atoms. The maximum atomic E-state index is 3.81. The molecule has 2 heteroatoms. The lowest BCUT2D eigenvalue weighted by Gasteiger charge is -2.21. The van der Waals surface area contributed by atoms with Gasteiger partial charge in [0.05, 0.1) is 0 Å². The van der Waals surface area contributed by atoms with Gasteiger partial charge < -0.3 is 5.32 Å². The first-order chi connectivity index (χ1) is 5.86. The molecule has 1 N–H and O–H groups in total. The fraction of sp³-hybridized carbons (Fsp3) is 1.00. The summed E-state index contributed by atoms with van der Waals surface area (Å²) in [5.74, 6) is 3.61. The largest absolute Gasteiger partial charge is 0.310 e. The topological polar surface area (TPSA) is 12.0 Å². The van der Waals surface area contributed by atoms with Crippen LogP contribution in [0.4, 0.5) is 0 Å². The van der Waals surface area contributed by atoms with Gasteiger partial charge in [0.2, 0.25) is 0 Å². The van der Waals surface area contributed by atoms with Crippen LogP contribution in [0.2, 0.25) is 0 Å². The monoisotopic (exact) mass is 185 g/mol. The Kier molecular flexibility index (Phi) is 2.97. The van der Waals surface area contributed by atoms with Gasteiger partial charge in [-0.05, 0) is 24.5 Å². The van der Waals surface area contributed by atoms with Crippen molar-refractivity contribution in [3.63, 3.8) is 0 Å². The lowest BCUT2D eigenvalue weighted by Crippen LogP contribution is -2.40. The minimum absolute atomic E-state index is 0.818. The minimum atomic E-state index is 0.818. The molecule has 2 atom stereocenters. The lowest BCUT2D eigenvalue weighted by atomic mass is 10.1. The van der Waals surface area contributed by atoms with Crippen molar-refractivity contribution in [1.29, 1.82) is 0 Å². The molecule has 1 aliphatic carbocycles. The van der Waals surface area contributed by atoms with E-state index in [2.05, 4.69) is 24.0 Å².